The fourth-order valence-electron chi connectivity index (χ4n) is 5.12. The zero-order valence-corrected chi connectivity index (χ0v) is 22.3. The highest BCUT2D eigenvalue weighted by Crippen LogP contribution is 2.33. The van der Waals surface area contributed by atoms with E-state index in [4.69, 9.17) is 21.1 Å². The van der Waals surface area contributed by atoms with E-state index in [1.165, 1.54) is 6.20 Å². The maximum atomic E-state index is 14.8. The van der Waals surface area contributed by atoms with Crippen LogP contribution in [-0.2, 0) is 9.47 Å². The predicted molar refractivity (Wildman–Crippen MR) is 143 cm³/mol. The Bertz CT molecular complexity index is 996. The minimum absolute atomic E-state index is 0.132. The molecule has 198 valence electrons. The third-order valence-electron chi connectivity index (χ3n) is 7.43. The molecule has 2 aromatic heterocycles. The topological polar surface area (TPSA) is 80.3 Å². The first-order chi connectivity index (χ1) is 17.3. The van der Waals surface area contributed by atoms with Crippen LogP contribution in [0.4, 0.5) is 15.9 Å². The van der Waals surface area contributed by atoms with Gasteiger partial charge in [-0.2, -0.15) is 0 Å². The Morgan fingerprint density at radius 3 is 2.58 bits per heavy atom. The average molecular weight is 520 g/mol. The number of nitrogens with zero attached hydrogens (tertiary/aromatic N) is 2. The van der Waals surface area contributed by atoms with Crippen molar-refractivity contribution in [3.05, 3.63) is 35.5 Å². The lowest BCUT2D eigenvalue weighted by Gasteiger charge is -2.34. The van der Waals surface area contributed by atoms with Crippen LogP contribution in [0.1, 0.15) is 52.4 Å². The van der Waals surface area contributed by atoms with Gasteiger partial charge in [-0.15, -0.1) is 0 Å². The van der Waals surface area contributed by atoms with Crippen LogP contribution >= 0.6 is 11.6 Å². The Balaban J connectivity index is 1.39. The van der Waals surface area contributed by atoms with Crippen LogP contribution in [0.15, 0.2) is 24.5 Å². The molecule has 1 saturated carbocycles. The maximum Gasteiger partial charge on any atom is 0.152 e. The summed E-state index contributed by atoms with van der Waals surface area (Å²) < 4.78 is 25.6. The number of aromatic nitrogens is 2. The predicted octanol–water partition coefficient (Wildman–Crippen LogP) is 5.51. The van der Waals surface area contributed by atoms with Crippen LogP contribution in [-0.4, -0.2) is 61.6 Å². The summed E-state index contributed by atoms with van der Waals surface area (Å²) in [6.07, 6.45) is 9.11. The number of rotatable bonds is 10. The number of pyridine rings is 2. The smallest absolute Gasteiger partial charge is 0.152 e. The summed E-state index contributed by atoms with van der Waals surface area (Å²) in [5, 5.41) is 11.0. The van der Waals surface area contributed by atoms with Gasteiger partial charge in [-0.1, -0.05) is 18.5 Å². The Labute approximate surface area is 218 Å². The van der Waals surface area contributed by atoms with E-state index in [9.17, 15) is 4.39 Å². The summed E-state index contributed by atoms with van der Waals surface area (Å²) in [4.78, 5) is 8.63. The van der Waals surface area contributed by atoms with Crippen molar-refractivity contribution in [2.45, 2.75) is 70.5 Å². The number of halogens is 2. The minimum Gasteiger partial charge on any atom is -0.383 e. The largest absolute Gasteiger partial charge is 0.383 e. The monoisotopic (exact) mass is 519 g/mol. The second-order valence-electron chi connectivity index (χ2n) is 10.6. The molecule has 4 rings (SSSR count). The van der Waals surface area contributed by atoms with Crippen molar-refractivity contribution < 1.29 is 13.9 Å². The molecule has 3 N–H and O–H groups in total. The molecule has 0 unspecified atom stereocenters. The maximum absolute atomic E-state index is 14.8. The van der Waals surface area contributed by atoms with Gasteiger partial charge in [0.25, 0.3) is 0 Å². The molecule has 1 saturated heterocycles. The molecule has 0 aromatic carbocycles. The Kier molecular flexibility index (Phi) is 9.39. The van der Waals surface area contributed by atoms with Gasteiger partial charge in [0.05, 0.1) is 18.5 Å². The molecule has 1 atom stereocenters. The van der Waals surface area contributed by atoms with Crippen LogP contribution < -0.4 is 16.0 Å². The lowest BCUT2D eigenvalue weighted by atomic mass is 9.82. The molecule has 0 amide bonds. The molecular formula is C27H39ClFN5O2. The van der Waals surface area contributed by atoms with Crippen molar-refractivity contribution in [2.75, 3.05) is 44.1 Å². The zero-order chi connectivity index (χ0) is 25.5. The van der Waals surface area contributed by atoms with Gasteiger partial charge in [-0.3, -0.25) is 0 Å². The summed E-state index contributed by atoms with van der Waals surface area (Å²) in [7, 11) is 1.73. The van der Waals surface area contributed by atoms with Gasteiger partial charge in [0.15, 0.2) is 5.15 Å². The molecule has 2 aromatic rings. The lowest BCUT2D eigenvalue weighted by molar-refractivity contribution is 0.0300. The van der Waals surface area contributed by atoms with Crippen molar-refractivity contribution in [3.63, 3.8) is 0 Å². The fourth-order valence-corrected chi connectivity index (χ4v) is 5.29. The molecule has 0 radical (unpaired) electrons. The quantitative estimate of drug-likeness (QED) is 0.357. The highest BCUT2D eigenvalue weighted by molar-refractivity contribution is 6.32. The van der Waals surface area contributed by atoms with E-state index in [2.05, 4.69) is 39.8 Å². The number of anilines is 2. The van der Waals surface area contributed by atoms with Crippen LogP contribution in [0.5, 0.6) is 0 Å². The Hall–Kier alpha value is -2.00. The van der Waals surface area contributed by atoms with Gasteiger partial charge in [-0.25, -0.2) is 14.4 Å². The molecule has 2 aliphatic rings. The summed E-state index contributed by atoms with van der Waals surface area (Å²) in [5.74, 6) is 0.293. The molecular weight excluding hydrogens is 481 g/mol. The Morgan fingerprint density at radius 1 is 1.14 bits per heavy atom. The second-order valence-corrected chi connectivity index (χ2v) is 11.0. The number of ether oxygens (including phenoxy) is 2. The molecule has 0 spiro atoms. The number of methoxy groups -OCH3 is 1. The van der Waals surface area contributed by atoms with Gasteiger partial charge < -0.3 is 25.4 Å². The molecule has 2 fully saturated rings. The van der Waals surface area contributed by atoms with E-state index in [0.29, 0.717) is 52.5 Å². The molecule has 1 aliphatic heterocycles. The highest BCUT2D eigenvalue weighted by Gasteiger charge is 2.27. The molecule has 3 heterocycles. The second kappa shape index (κ2) is 12.5. The molecule has 36 heavy (non-hydrogen) atoms. The van der Waals surface area contributed by atoms with Gasteiger partial charge >= 0.3 is 0 Å². The van der Waals surface area contributed by atoms with Crippen molar-refractivity contribution in [1.82, 2.24) is 15.3 Å². The average Bonchev–Trinajstić information content (AvgIpc) is 2.87. The SMILES string of the molecule is COC[C@@H](C)NC1CCC(Nc2cc(-c3cnc(Cl)c(NCC4(C)CCOCC4)c3)c(F)cn2)CC1. The lowest BCUT2D eigenvalue weighted by Crippen LogP contribution is -2.42. The van der Waals surface area contributed by atoms with Gasteiger partial charge in [0.2, 0.25) is 0 Å². The van der Waals surface area contributed by atoms with E-state index in [1.54, 1.807) is 19.4 Å². The summed E-state index contributed by atoms with van der Waals surface area (Å²) in [5.41, 5.74) is 1.97. The van der Waals surface area contributed by atoms with E-state index in [-0.39, 0.29) is 11.2 Å². The molecule has 0 bridgehead atoms. The van der Waals surface area contributed by atoms with E-state index in [0.717, 1.165) is 58.3 Å². The minimum atomic E-state index is -0.382. The molecule has 7 nitrogen and oxygen atoms in total. The summed E-state index contributed by atoms with van der Waals surface area (Å²) in [6, 6.07) is 4.80. The van der Waals surface area contributed by atoms with Crippen molar-refractivity contribution in [1.29, 1.82) is 0 Å². The van der Waals surface area contributed by atoms with Gasteiger partial charge in [0.1, 0.15) is 11.6 Å². The standard InChI is InChI=1S/C27H39ClFN5O2/c1-18(16-35-3)33-20-4-6-21(7-5-20)34-25-13-22(23(29)15-30-25)19-12-24(26(28)31-14-19)32-17-27(2)8-10-36-11-9-27/h12-15,18,20-21,32-33H,4-11,16-17H2,1-3H3,(H,30,34)/t18-,20?,21?/m1/s1. The van der Waals surface area contributed by atoms with Crippen LogP contribution in [0.3, 0.4) is 0 Å². The summed E-state index contributed by atoms with van der Waals surface area (Å²) >= 11 is 6.38. The van der Waals surface area contributed by atoms with Crippen LogP contribution in [0, 0.1) is 11.2 Å². The highest BCUT2D eigenvalue weighted by atomic mass is 35.5. The third-order valence-corrected chi connectivity index (χ3v) is 7.73. The van der Waals surface area contributed by atoms with E-state index in [1.807, 2.05) is 6.07 Å². The number of hydrogen-bond donors (Lipinski definition) is 3. The van der Waals surface area contributed by atoms with Crippen LogP contribution in [0.25, 0.3) is 11.1 Å². The van der Waals surface area contributed by atoms with Crippen molar-refractivity contribution in [3.8, 4) is 11.1 Å². The zero-order valence-electron chi connectivity index (χ0n) is 21.6. The fraction of sp³-hybridized carbons (Fsp3) is 0.630. The Morgan fingerprint density at radius 2 is 1.86 bits per heavy atom. The first-order valence-corrected chi connectivity index (χ1v) is 13.4. The first kappa shape index (κ1) is 27.0. The van der Waals surface area contributed by atoms with Gasteiger partial charge in [0, 0.05) is 62.3 Å². The molecule has 1 aliphatic carbocycles. The summed E-state index contributed by atoms with van der Waals surface area (Å²) in [6.45, 7) is 7.41. The van der Waals surface area contributed by atoms with Crippen LogP contribution in [0.2, 0.25) is 5.15 Å². The van der Waals surface area contributed by atoms with Gasteiger partial charge in [-0.05, 0) is 63.0 Å². The van der Waals surface area contributed by atoms with Crippen molar-refractivity contribution in [2.24, 2.45) is 5.41 Å². The normalized spacial score (nSPS) is 22.7. The van der Waals surface area contributed by atoms with Crippen molar-refractivity contribution >= 4 is 23.1 Å². The molecule has 9 heteroatoms. The number of hydrogen-bond acceptors (Lipinski definition) is 7. The van der Waals surface area contributed by atoms with E-state index >= 15 is 0 Å². The number of nitrogens with one attached hydrogen (secondary N) is 3. The third kappa shape index (κ3) is 7.28. The first-order valence-electron chi connectivity index (χ1n) is 13.0. The van der Waals surface area contributed by atoms with E-state index < -0.39 is 0 Å².